The second kappa shape index (κ2) is 9.98. The number of imidazole rings is 1. The van der Waals surface area contributed by atoms with E-state index in [4.69, 9.17) is 5.73 Å². The number of hydrogen-bond acceptors (Lipinski definition) is 6. The predicted octanol–water partition coefficient (Wildman–Crippen LogP) is 3.23. The lowest BCUT2D eigenvalue weighted by Crippen LogP contribution is -2.35. The van der Waals surface area contributed by atoms with Gasteiger partial charge in [0.05, 0.1) is 17.8 Å². The number of likely N-dealkylation sites (tertiary alicyclic amines) is 1. The normalized spacial score (nSPS) is 19.4. The number of carbonyl (C=O) groups excluding carboxylic acids is 2. The van der Waals surface area contributed by atoms with Crippen LogP contribution in [0, 0.1) is 0 Å². The number of benzene rings is 3. The molecule has 192 valence electrons. The van der Waals surface area contributed by atoms with Crippen LogP contribution < -0.4 is 11.1 Å². The molecule has 0 bridgehead atoms. The summed E-state index contributed by atoms with van der Waals surface area (Å²) in [6.07, 6.45) is 2.19. The van der Waals surface area contributed by atoms with Crippen molar-refractivity contribution in [1.29, 1.82) is 0 Å². The van der Waals surface area contributed by atoms with Gasteiger partial charge in [-0.3, -0.25) is 24.4 Å². The summed E-state index contributed by atoms with van der Waals surface area (Å²) in [7, 11) is 0. The van der Waals surface area contributed by atoms with Gasteiger partial charge in [-0.1, -0.05) is 54.6 Å². The molecule has 1 fully saturated rings. The lowest BCUT2D eigenvalue weighted by molar-refractivity contribution is 0.0922. The van der Waals surface area contributed by atoms with Gasteiger partial charge in [0.2, 0.25) is 11.7 Å². The largest absolute Gasteiger partial charge is 0.392 e. The Labute approximate surface area is 220 Å². The van der Waals surface area contributed by atoms with E-state index in [0.29, 0.717) is 35.7 Å². The second-order valence-electron chi connectivity index (χ2n) is 9.96. The van der Waals surface area contributed by atoms with E-state index in [9.17, 15) is 14.7 Å². The quantitative estimate of drug-likeness (QED) is 0.369. The number of aliphatic hydroxyl groups is 1. The Hall–Kier alpha value is -4.11. The van der Waals surface area contributed by atoms with Crippen molar-refractivity contribution in [3.8, 4) is 16.8 Å². The van der Waals surface area contributed by atoms with Crippen LogP contribution in [-0.2, 0) is 13.1 Å². The zero-order valence-electron chi connectivity index (χ0n) is 20.9. The molecule has 38 heavy (non-hydrogen) atoms. The molecule has 2 atom stereocenters. The van der Waals surface area contributed by atoms with Gasteiger partial charge in [-0.15, -0.1) is 0 Å². The van der Waals surface area contributed by atoms with Crippen LogP contribution in [0.2, 0.25) is 0 Å². The van der Waals surface area contributed by atoms with Gasteiger partial charge in [0.15, 0.2) is 0 Å². The fraction of sp³-hybridized carbons (Fsp3) is 0.233. The molecule has 0 spiro atoms. The van der Waals surface area contributed by atoms with Gasteiger partial charge in [0.1, 0.15) is 12.0 Å². The first-order valence-electron chi connectivity index (χ1n) is 12.8. The Bertz CT molecular complexity index is 1510. The van der Waals surface area contributed by atoms with Gasteiger partial charge < -0.3 is 10.8 Å². The number of fused-ring (bicyclic) bond motifs is 1. The molecule has 4 aromatic rings. The molecule has 1 saturated heterocycles. The van der Waals surface area contributed by atoms with Gasteiger partial charge in [-0.25, -0.2) is 4.98 Å². The van der Waals surface area contributed by atoms with E-state index >= 15 is 0 Å². The Morgan fingerprint density at radius 1 is 1.08 bits per heavy atom. The van der Waals surface area contributed by atoms with Crippen molar-refractivity contribution in [3.05, 3.63) is 107 Å². The molecule has 6 rings (SSSR count). The van der Waals surface area contributed by atoms with E-state index in [1.807, 2.05) is 30.3 Å². The van der Waals surface area contributed by atoms with Crippen molar-refractivity contribution in [3.63, 3.8) is 0 Å². The number of primary amides is 1. The Morgan fingerprint density at radius 2 is 1.89 bits per heavy atom. The van der Waals surface area contributed by atoms with Crippen molar-refractivity contribution in [2.24, 2.45) is 5.73 Å². The van der Waals surface area contributed by atoms with Gasteiger partial charge >= 0.3 is 0 Å². The number of aliphatic hydroxyl groups excluding tert-OH is 1. The fourth-order valence-electron chi connectivity index (χ4n) is 5.47. The smallest absolute Gasteiger partial charge is 0.248 e. The van der Waals surface area contributed by atoms with Crippen LogP contribution in [0.1, 0.15) is 50.1 Å². The molecule has 1 amide bonds. The zero-order chi connectivity index (χ0) is 26.2. The van der Waals surface area contributed by atoms with Crippen molar-refractivity contribution >= 4 is 11.7 Å². The standard InChI is InChI=1S/C30H29N5O3/c31-30(38)21-5-3-6-23(14-21)35-18-33-26-15-32-27(29(37)28(26)35)20-10-8-19(9-11-20)25-7-2-1-4-22(25)16-34-13-12-24(36)17-34/h1-11,14,18,24,27,32,36H,12-13,15-17H2,(H2,31,38)/t24-,27?/m0/s1. The van der Waals surface area contributed by atoms with Crippen molar-refractivity contribution in [2.45, 2.75) is 31.7 Å². The minimum Gasteiger partial charge on any atom is -0.392 e. The number of carbonyl (C=O) groups is 2. The Morgan fingerprint density at radius 3 is 2.66 bits per heavy atom. The molecule has 4 N–H and O–H groups in total. The van der Waals surface area contributed by atoms with E-state index in [1.54, 1.807) is 29.1 Å². The number of rotatable bonds is 6. The van der Waals surface area contributed by atoms with E-state index in [1.165, 1.54) is 5.56 Å². The van der Waals surface area contributed by atoms with Gasteiger partial charge in [0.25, 0.3) is 0 Å². The fourth-order valence-corrected chi connectivity index (χ4v) is 5.47. The number of aromatic nitrogens is 2. The third-order valence-electron chi connectivity index (χ3n) is 7.44. The summed E-state index contributed by atoms with van der Waals surface area (Å²) in [4.78, 5) is 32.1. The Balaban J connectivity index is 1.26. The maximum absolute atomic E-state index is 13.7. The number of nitrogens with zero attached hydrogens (tertiary/aromatic N) is 3. The monoisotopic (exact) mass is 507 g/mol. The highest BCUT2D eigenvalue weighted by molar-refractivity contribution is 6.02. The average Bonchev–Trinajstić information content (AvgIpc) is 3.56. The summed E-state index contributed by atoms with van der Waals surface area (Å²) in [6.45, 7) is 2.85. The minimum absolute atomic E-state index is 0.0750. The van der Waals surface area contributed by atoms with Crippen LogP contribution in [0.15, 0.2) is 79.1 Å². The molecule has 1 unspecified atom stereocenters. The molecule has 2 aliphatic heterocycles. The number of amides is 1. The summed E-state index contributed by atoms with van der Waals surface area (Å²) in [5.74, 6) is -0.597. The lowest BCUT2D eigenvalue weighted by Gasteiger charge is -2.24. The van der Waals surface area contributed by atoms with Crippen LogP contribution in [0.3, 0.4) is 0 Å². The van der Waals surface area contributed by atoms with E-state index in [2.05, 4.69) is 39.5 Å². The maximum Gasteiger partial charge on any atom is 0.248 e. The first-order valence-corrected chi connectivity index (χ1v) is 12.8. The van der Waals surface area contributed by atoms with Crippen molar-refractivity contribution in [1.82, 2.24) is 19.8 Å². The molecule has 2 aliphatic rings. The highest BCUT2D eigenvalue weighted by Crippen LogP contribution is 2.31. The highest BCUT2D eigenvalue weighted by Gasteiger charge is 2.32. The van der Waals surface area contributed by atoms with Crippen LogP contribution in [0.4, 0.5) is 0 Å². The van der Waals surface area contributed by atoms with Crippen molar-refractivity contribution < 1.29 is 14.7 Å². The predicted molar refractivity (Wildman–Crippen MR) is 144 cm³/mol. The third kappa shape index (κ3) is 4.54. The average molecular weight is 508 g/mol. The molecule has 8 nitrogen and oxygen atoms in total. The number of hydrogen-bond donors (Lipinski definition) is 3. The summed E-state index contributed by atoms with van der Waals surface area (Å²) in [6, 6.07) is 22.8. The van der Waals surface area contributed by atoms with E-state index < -0.39 is 11.9 Å². The third-order valence-corrected chi connectivity index (χ3v) is 7.44. The number of β-amino-alcohol motifs (C(OH)–C–C–N with tert-alkyl or cyclic N) is 1. The van der Waals surface area contributed by atoms with Crippen LogP contribution in [0.25, 0.3) is 16.8 Å². The lowest BCUT2D eigenvalue weighted by atomic mass is 9.93. The summed E-state index contributed by atoms with van der Waals surface area (Å²) in [5.41, 5.74) is 12.0. The SMILES string of the molecule is NC(=O)c1cccc(-n2cnc3c2C(=O)C(c2ccc(-c4ccccc4CN4CC[C@H](O)C4)cc2)NC3)c1. The summed E-state index contributed by atoms with van der Waals surface area (Å²) < 4.78 is 1.73. The maximum atomic E-state index is 13.7. The molecule has 3 aromatic carbocycles. The Kier molecular flexibility index (Phi) is 6.37. The van der Waals surface area contributed by atoms with Gasteiger partial charge in [-0.2, -0.15) is 0 Å². The number of nitrogens with two attached hydrogens (primary N) is 1. The number of ketones is 1. The van der Waals surface area contributed by atoms with Crippen LogP contribution >= 0.6 is 0 Å². The molecular weight excluding hydrogens is 478 g/mol. The minimum atomic E-state index is -0.522. The van der Waals surface area contributed by atoms with Crippen LogP contribution in [0.5, 0.6) is 0 Å². The molecule has 8 heteroatoms. The number of Topliss-reactive ketones (excluding diaryl/α,β-unsaturated/α-hetero) is 1. The highest BCUT2D eigenvalue weighted by atomic mass is 16.3. The van der Waals surface area contributed by atoms with E-state index in [-0.39, 0.29) is 11.9 Å². The topological polar surface area (TPSA) is 113 Å². The van der Waals surface area contributed by atoms with Gasteiger partial charge in [-0.05, 0) is 46.9 Å². The molecule has 3 heterocycles. The van der Waals surface area contributed by atoms with Crippen LogP contribution in [-0.4, -0.2) is 50.4 Å². The summed E-state index contributed by atoms with van der Waals surface area (Å²) in [5, 5.41) is 13.2. The van der Waals surface area contributed by atoms with E-state index in [0.717, 1.165) is 36.2 Å². The van der Waals surface area contributed by atoms with Crippen molar-refractivity contribution in [2.75, 3.05) is 13.1 Å². The molecule has 0 radical (unpaired) electrons. The molecular formula is C30H29N5O3. The molecule has 0 aliphatic carbocycles. The zero-order valence-corrected chi connectivity index (χ0v) is 20.9. The molecule has 0 saturated carbocycles. The first kappa shape index (κ1) is 24.2. The first-order chi connectivity index (χ1) is 18.5. The van der Waals surface area contributed by atoms with Gasteiger partial charge in [0, 0.05) is 37.4 Å². The second-order valence-corrected chi connectivity index (χ2v) is 9.96. The molecule has 1 aromatic heterocycles. The number of nitrogens with one attached hydrogen (secondary N) is 1. The summed E-state index contributed by atoms with van der Waals surface area (Å²) >= 11 is 0.